The molecule has 0 unspecified atom stereocenters. The van der Waals surface area contributed by atoms with E-state index in [-0.39, 0.29) is 22.4 Å². The SMILES string of the molecule is O=C(Nc1cc(C(F)(F)F)ccc1-c1ccc(F)cc1F)c1ccc(O)cc1O. The zero-order valence-electron chi connectivity index (χ0n) is 14.4. The molecule has 0 spiro atoms. The molecule has 0 aliphatic heterocycles. The normalized spacial score (nSPS) is 11.3. The summed E-state index contributed by atoms with van der Waals surface area (Å²) in [6.45, 7) is 0. The van der Waals surface area contributed by atoms with E-state index in [2.05, 4.69) is 5.32 Å². The molecule has 29 heavy (non-hydrogen) atoms. The van der Waals surface area contributed by atoms with Crippen LogP contribution in [0, 0.1) is 11.6 Å². The van der Waals surface area contributed by atoms with E-state index in [9.17, 15) is 37.0 Å². The Kier molecular flexibility index (Phi) is 5.15. The van der Waals surface area contributed by atoms with Gasteiger partial charge >= 0.3 is 6.18 Å². The Labute approximate surface area is 160 Å². The molecule has 0 fully saturated rings. The van der Waals surface area contributed by atoms with Crippen LogP contribution >= 0.6 is 0 Å². The van der Waals surface area contributed by atoms with Gasteiger partial charge in [0.15, 0.2) is 0 Å². The van der Waals surface area contributed by atoms with Crippen LogP contribution in [-0.4, -0.2) is 16.1 Å². The molecule has 0 saturated heterocycles. The third-order valence-electron chi connectivity index (χ3n) is 4.04. The number of benzene rings is 3. The Bertz CT molecular complexity index is 1100. The Morgan fingerprint density at radius 1 is 0.862 bits per heavy atom. The number of hydrogen-bond donors (Lipinski definition) is 3. The Balaban J connectivity index is 2.10. The second-order valence-corrected chi connectivity index (χ2v) is 6.04. The lowest BCUT2D eigenvalue weighted by atomic mass is 10.00. The van der Waals surface area contributed by atoms with Crippen molar-refractivity contribution in [2.24, 2.45) is 0 Å². The average Bonchev–Trinajstić information content (AvgIpc) is 2.61. The summed E-state index contributed by atoms with van der Waals surface area (Å²) in [7, 11) is 0. The molecule has 0 heterocycles. The highest BCUT2D eigenvalue weighted by Crippen LogP contribution is 2.37. The molecule has 9 heteroatoms. The number of phenols is 2. The molecule has 3 rings (SSSR count). The summed E-state index contributed by atoms with van der Waals surface area (Å²) in [6, 6.07) is 7.80. The molecule has 0 aliphatic carbocycles. The van der Waals surface area contributed by atoms with Crippen LogP contribution < -0.4 is 5.32 Å². The first-order valence-electron chi connectivity index (χ1n) is 8.06. The lowest BCUT2D eigenvalue weighted by Gasteiger charge is -2.16. The second kappa shape index (κ2) is 7.42. The van der Waals surface area contributed by atoms with Crippen LogP contribution in [0.5, 0.6) is 11.5 Å². The molecule has 0 radical (unpaired) electrons. The summed E-state index contributed by atoms with van der Waals surface area (Å²) < 4.78 is 66.7. The molecule has 4 nitrogen and oxygen atoms in total. The highest BCUT2D eigenvalue weighted by atomic mass is 19.4. The first kappa shape index (κ1) is 20.1. The van der Waals surface area contributed by atoms with Gasteiger partial charge in [0, 0.05) is 28.9 Å². The highest BCUT2D eigenvalue weighted by Gasteiger charge is 2.31. The van der Waals surface area contributed by atoms with E-state index in [4.69, 9.17) is 0 Å². The molecule has 3 aromatic carbocycles. The van der Waals surface area contributed by atoms with Gasteiger partial charge in [0.2, 0.25) is 0 Å². The molecule has 0 atom stereocenters. The number of halogens is 5. The number of amides is 1. The van der Waals surface area contributed by atoms with E-state index in [1.165, 1.54) is 0 Å². The fourth-order valence-corrected chi connectivity index (χ4v) is 2.67. The first-order chi connectivity index (χ1) is 13.6. The lowest BCUT2D eigenvalue weighted by Crippen LogP contribution is -2.14. The summed E-state index contributed by atoms with van der Waals surface area (Å²) in [5.41, 5.74) is -2.19. The smallest absolute Gasteiger partial charge is 0.416 e. The topological polar surface area (TPSA) is 69.6 Å². The standard InChI is InChI=1S/C20H12F5NO3/c21-11-2-5-13(16(22)8-11)14-4-1-10(20(23,24)25)7-17(14)26-19(29)15-6-3-12(27)9-18(15)28/h1-9,27-28H,(H,26,29). The van der Waals surface area contributed by atoms with E-state index < -0.39 is 40.7 Å². The number of aromatic hydroxyl groups is 2. The maximum atomic E-state index is 14.2. The van der Waals surface area contributed by atoms with Gasteiger partial charge in [-0.1, -0.05) is 6.07 Å². The van der Waals surface area contributed by atoms with Crippen LogP contribution in [0.4, 0.5) is 27.6 Å². The molecule has 1 amide bonds. The molecule has 0 bridgehead atoms. The molecular weight excluding hydrogens is 397 g/mol. The van der Waals surface area contributed by atoms with Gasteiger partial charge in [-0.15, -0.1) is 0 Å². The van der Waals surface area contributed by atoms with Crippen LogP contribution in [0.25, 0.3) is 11.1 Å². The van der Waals surface area contributed by atoms with Crippen molar-refractivity contribution in [3.05, 3.63) is 77.4 Å². The van der Waals surface area contributed by atoms with Gasteiger partial charge < -0.3 is 15.5 Å². The van der Waals surface area contributed by atoms with E-state index >= 15 is 0 Å². The van der Waals surface area contributed by atoms with Crippen LogP contribution in [0.15, 0.2) is 54.6 Å². The van der Waals surface area contributed by atoms with Crippen molar-refractivity contribution in [1.29, 1.82) is 0 Å². The molecular formula is C20H12F5NO3. The molecule has 3 aromatic rings. The monoisotopic (exact) mass is 409 g/mol. The van der Waals surface area contributed by atoms with Gasteiger partial charge in [-0.25, -0.2) is 8.78 Å². The quantitative estimate of drug-likeness (QED) is 0.513. The Morgan fingerprint density at radius 2 is 1.55 bits per heavy atom. The number of phenolic OH excluding ortho intramolecular Hbond substituents is 2. The van der Waals surface area contributed by atoms with Crippen molar-refractivity contribution in [3.63, 3.8) is 0 Å². The molecule has 150 valence electrons. The van der Waals surface area contributed by atoms with Crippen molar-refractivity contribution in [2.75, 3.05) is 5.32 Å². The molecule has 0 saturated carbocycles. The van der Waals surface area contributed by atoms with Crippen LogP contribution in [0.2, 0.25) is 0 Å². The van der Waals surface area contributed by atoms with Crippen molar-refractivity contribution in [1.82, 2.24) is 0 Å². The predicted molar refractivity (Wildman–Crippen MR) is 94.5 cm³/mol. The Hall–Kier alpha value is -3.62. The maximum Gasteiger partial charge on any atom is 0.416 e. The number of nitrogens with one attached hydrogen (secondary N) is 1. The average molecular weight is 409 g/mol. The maximum absolute atomic E-state index is 14.2. The minimum Gasteiger partial charge on any atom is -0.508 e. The zero-order valence-corrected chi connectivity index (χ0v) is 14.4. The van der Waals surface area contributed by atoms with E-state index in [0.717, 1.165) is 36.4 Å². The third-order valence-corrected chi connectivity index (χ3v) is 4.04. The molecule has 3 N–H and O–H groups in total. The number of hydrogen-bond acceptors (Lipinski definition) is 3. The second-order valence-electron chi connectivity index (χ2n) is 6.04. The van der Waals surface area contributed by atoms with Gasteiger partial charge in [0.25, 0.3) is 5.91 Å². The van der Waals surface area contributed by atoms with Gasteiger partial charge in [-0.2, -0.15) is 13.2 Å². The fourth-order valence-electron chi connectivity index (χ4n) is 2.67. The summed E-state index contributed by atoms with van der Waals surface area (Å²) in [5, 5.41) is 21.3. The van der Waals surface area contributed by atoms with E-state index in [1.54, 1.807) is 0 Å². The predicted octanol–water partition coefficient (Wildman–Crippen LogP) is 5.31. The highest BCUT2D eigenvalue weighted by molar-refractivity contribution is 6.08. The van der Waals surface area contributed by atoms with Crippen LogP contribution in [0.1, 0.15) is 15.9 Å². The third kappa shape index (κ3) is 4.29. The van der Waals surface area contributed by atoms with E-state index in [1.807, 2.05) is 0 Å². The summed E-state index contributed by atoms with van der Waals surface area (Å²) in [5.74, 6) is -3.84. The zero-order chi connectivity index (χ0) is 21.3. The summed E-state index contributed by atoms with van der Waals surface area (Å²) in [4.78, 5) is 12.4. The van der Waals surface area contributed by atoms with Gasteiger partial charge in [-0.3, -0.25) is 4.79 Å². The first-order valence-corrected chi connectivity index (χ1v) is 8.06. The number of rotatable bonds is 3. The number of anilines is 1. The number of carbonyl (C=O) groups excluding carboxylic acids is 1. The van der Waals surface area contributed by atoms with Crippen LogP contribution in [0.3, 0.4) is 0 Å². The van der Waals surface area contributed by atoms with E-state index in [0.29, 0.717) is 18.2 Å². The van der Waals surface area contributed by atoms with Gasteiger partial charge in [-0.05, 0) is 36.4 Å². The van der Waals surface area contributed by atoms with Gasteiger partial charge in [0.1, 0.15) is 23.1 Å². The number of carbonyl (C=O) groups is 1. The fraction of sp³-hybridized carbons (Fsp3) is 0.0500. The van der Waals surface area contributed by atoms with Crippen molar-refractivity contribution < 1.29 is 37.0 Å². The molecule has 0 aromatic heterocycles. The van der Waals surface area contributed by atoms with Crippen molar-refractivity contribution in [3.8, 4) is 22.6 Å². The molecule has 0 aliphatic rings. The minimum absolute atomic E-state index is 0.123. The minimum atomic E-state index is -4.74. The van der Waals surface area contributed by atoms with Crippen LogP contribution in [-0.2, 0) is 6.18 Å². The summed E-state index contributed by atoms with van der Waals surface area (Å²) in [6.07, 6.45) is -4.74. The lowest BCUT2D eigenvalue weighted by molar-refractivity contribution is -0.137. The Morgan fingerprint density at radius 3 is 2.17 bits per heavy atom. The van der Waals surface area contributed by atoms with Crippen molar-refractivity contribution >= 4 is 11.6 Å². The number of alkyl halides is 3. The van der Waals surface area contributed by atoms with Crippen molar-refractivity contribution in [2.45, 2.75) is 6.18 Å². The van der Waals surface area contributed by atoms with Gasteiger partial charge in [0.05, 0.1) is 11.1 Å². The largest absolute Gasteiger partial charge is 0.508 e. The summed E-state index contributed by atoms with van der Waals surface area (Å²) >= 11 is 0.